The van der Waals surface area contributed by atoms with E-state index in [1.807, 2.05) is 0 Å². The molecular weight excluding hydrogens is 270 g/mol. The van der Waals surface area contributed by atoms with Gasteiger partial charge in [0.05, 0.1) is 13.2 Å². The first-order valence-corrected chi connectivity index (χ1v) is 7.01. The number of hydrogen-bond donors (Lipinski definition) is 1. The van der Waals surface area contributed by atoms with Gasteiger partial charge >= 0.3 is 10.2 Å². The Kier molecular flexibility index (Phi) is 3.56. The fraction of sp³-hybridized carbons (Fsp3) is 0.889. The van der Waals surface area contributed by atoms with Crippen LogP contribution in [0.25, 0.3) is 0 Å². The largest absolute Gasteiger partial charge is 0.379 e. The van der Waals surface area contributed by atoms with Crippen molar-refractivity contribution in [2.75, 3.05) is 26.3 Å². The number of carbonyl (C=O) groups is 1. The van der Waals surface area contributed by atoms with Crippen molar-refractivity contribution in [3.05, 3.63) is 0 Å². The molecule has 0 radical (unpaired) electrons. The molecule has 104 valence electrons. The number of morpholine rings is 1. The summed E-state index contributed by atoms with van der Waals surface area (Å²) in [7, 11) is -3.93. The molecule has 0 aromatic heterocycles. The summed E-state index contributed by atoms with van der Waals surface area (Å²) in [5.74, 6) is -4.74. The quantitative estimate of drug-likeness (QED) is 0.771. The molecule has 1 atom stereocenters. The van der Waals surface area contributed by atoms with Crippen LogP contribution in [0.15, 0.2) is 0 Å². The Bertz CT molecular complexity index is 434. The summed E-state index contributed by atoms with van der Waals surface area (Å²) >= 11 is 0. The van der Waals surface area contributed by atoms with E-state index in [2.05, 4.69) is 0 Å². The molecule has 2 aliphatic rings. The second kappa shape index (κ2) is 4.71. The minimum absolute atomic E-state index is 0.155. The van der Waals surface area contributed by atoms with Crippen molar-refractivity contribution >= 4 is 16.1 Å². The Labute approximate surface area is 103 Å². The van der Waals surface area contributed by atoms with Crippen LogP contribution in [0.3, 0.4) is 0 Å². The summed E-state index contributed by atoms with van der Waals surface area (Å²) in [5, 5.41) is 0. The predicted molar refractivity (Wildman–Crippen MR) is 57.1 cm³/mol. The first-order chi connectivity index (χ1) is 8.31. The summed E-state index contributed by atoms with van der Waals surface area (Å²) in [6.07, 6.45) is -0.811. The average Bonchev–Trinajstić information content (AvgIpc) is 2.86. The lowest BCUT2D eigenvalue weighted by atomic mass is 10.3. The highest BCUT2D eigenvalue weighted by Gasteiger charge is 2.57. The number of nitrogens with zero attached hydrogens (tertiary/aromatic N) is 1. The van der Waals surface area contributed by atoms with Gasteiger partial charge in [0.2, 0.25) is 5.91 Å². The fourth-order valence-electron chi connectivity index (χ4n) is 1.75. The van der Waals surface area contributed by atoms with Crippen LogP contribution in [0.1, 0.15) is 12.8 Å². The Morgan fingerprint density at radius 1 is 1.39 bits per heavy atom. The van der Waals surface area contributed by atoms with Gasteiger partial charge < -0.3 is 4.74 Å². The Hall–Kier alpha value is -0.800. The van der Waals surface area contributed by atoms with E-state index in [1.54, 1.807) is 4.72 Å². The molecule has 1 amide bonds. The number of rotatable bonds is 4. The van der Waals surface area contributed by atoms with E-state index in [1.165, 1.54) is 0 Å². The van der Waals surface area contributed by atoms with Gasteiger partial charge in [0.1, 0.15) is 0 Å². The number of halogens is 2. The molecule has 1 aliphatic carbocycles. The molecule has 18 heavy (non-hydrogen) atoms. The molecule has 1 heterocycles. The third kappa shape index (κ3) is 3.15. The van der Waals surface area contributed by atoms with Crippen molar-refractivity contribution in [1.29, 1.82) is 0 Å². The van der Waals surface area contributed by atoms with Crippen molar-refractivity contribution < 1.29 is 26.7 Å². The zero-order chi connectivity index (χ0) is 13.4. The summed E-state index contributed by atoms with van der Waals surface area (Å²) < 4.78 is 56.5. The second-order valence-corrected chi connectivity index (χ2v) is 6.08. The van der Waals surface area contributed by atoms with Gasteiger partial charge in [-0.25, -0.2) is 13.5 Å². The van der Waals surface area contributed by atoms with Gasteiger partial charge in [-0.1, -0.05) is 0 Å². The minimum Gasteiger partial charge on any atom is -0.379 e. The fourth-order valence-corrected chi connectivity index (χ4v) is 2.88. The summed E-state index contributed by atoms with van der Waals surface area (Å²) in [6, 6.07) is 0. The highest BCUT2D eigenvalue weighted by molar-refractivity contribution is 7.87. The van der Waals surface area contributed by atoms with E-state index in [-0.39, 0.29) is 32.7 Å². The highest BCUT2D eigenvalue weighted by Crippen LogP contribution is 2.50. The van der Waals surface area contributed by atoms with Crippen LogP contribution < -0.4 is 4.72 Å². The van der Waals surface area contributed by atoms with Crippen molar-refractivity contribution in [1.82, 2.24) is 9.03 Å². The topological polar surface area (TPSA) is 75.7 Å². The molecule has 9 heteroatoms. The Morgan fingerprint density at radius 3 is 2.44 bits per heavy atom. The number of amides is 1. The second-order valence-electron chi connectivity index (χ2n) is 4.41. The Balaban J connectivity index is 1.85. The smallest absolute Gasteiger partial charge is 0.303 e. The first kappa shape index (κ1) is 13.6. The van der Waals surface area contributed by atoms with Crippen LogP contribution in [0.2, 0.25) is 0 Å². The van der Waals surface area contributed by atoms with Gasteiger partial charge in [0, 0.05) is 31.8 Å². The number of alkyl halides is 2. The van der Waals surface area contributed by atoms with E-state index in [9.17, 15) is 22.0 Å². The molecule has 1 saturated heterocycles. The standard InChI is InChI=1S/C9H14F2N2O4S/c10-9(11)6-7(9)5-8(14)12-18(15,16)13-1-3-17-4-2-13/h7H,1-6H2,(H,12,14). The van der Waals surface area contributed by atoms with Gasteiger partial charge in [0.25, 0.3) is 5.92 Å². The zero-order valence-corrected chi connectivity index (χ0v) is 10.4. The SMILES string of the molecule is O=C(CC1CC1(F)F)NS(=O)(=O)N1CCOCC1. The molecule has 6 nitrogen and oxygen atoms in total. The number of nitrogens with one attached hydrogen (secondary N) is 1. The normalized spacial score (nSPS) is 27.8. The van der Waals surface area contributed by atoms with E-state index >= 15 is 0 Å². The van der Waals surface area contributed by atoms with Crippen molar-refractivity contribution in [3.63, 3.8) is 0 Å². The molecular formula is C9H14F2N2O4S. The molecule has 1 N–H and O–H groups in total. The highest BCUT2D eigenvalue weighted by atomic mass is 32.2. The van der Waals surface area contributed by atoms with E-state index in [0.29, 0.717) is 0 Å². The molecule has 0 aromatic rings. The summed E-state index contributed by atoms with van der Waals surface area (Å²) in [6.45, 7) is 0.829. The number of carbonyl (C=O) groups excluding carboxylic acids is 1. The summed E-state index contributed by atoms with van der Waals surface area (Å²) in [5.41, 5.74) is 0. The molecule has 0 bridgehead atoms. The maximum absolute atomic E-state index is 12.6. The number of hydrogen-bond acceptors (Lipinski definition) is 4. The predicted octanol–water partition coefficient (Wildman–Crippen LogP) is -0.275. The summed E-state index contributed by atoms with van der Waals surface area (Å²) in [4.78, 5) is 11.4. The molecule has 0 spiro atoms. The van der Waals surface area contributed by atoms with Gasteiger partial charge in [-0.2, -0.15) is 12.7 Å². The lowest BCUT2D eigenvalue weighted by Gasteiger charge is -2.25. The molecule has 2 fully saturated rings. The van der Waals surface area contributed by atoms with Gasteiger partial charge in [-0.3, -0.25) is 4.79 Å². The van der Waals surface area contributed by atoms with E-state index in [0.717, 1.165) is 4.31 Å². The van der Waals surface area contributed by atoms with E-state index in [4.69, 9.17) is 4.74 Å². The van der Waals surface area contributed by atoms with Crippen LogP contribution in [-0.4, -0.2) is 50.9 Å². The number of ether oxygens (including phenoxy) is 1. The first-order valence-electron chi connectivity index (χ1n) is 5.57. The lowest BCUT2D eigenvalue weighted by Crippen LogP contribution is -2.48. The zero-order valence-electron chi connectivity index (χ0n) is 9.56. The van der Waals surface area contributed by atoms with Crippen molar-refractivity contribution in [2.45, 2.75) is 18.8 Å². The molecule has 2 rings (SSSR count). The molecule has 0 aromatic carbocycles. The maximum Gasteiger partial charge on any atom is 0.303 e. The van der Waals surface area contributed by atoms with Gasteiger partial charge in [-0.05, 0) is 0 Å². The van der Waals surface area contributed by atoms with Crippen LogP contribution >= 0.6 is 0 Å². The maximum atomic E-state index is 12.6. The molecule has 1 unspecified atom stereocenters. The third-order valence-electron chi connectivity index (χ3n) is 2.94. The third-order valence-corrected chi connectivity index (χ3v) is 4.47. The lowest BCUT2D eigenvalue weighted by molar-refractivity contribution is -0.120. The van der Waals surface area contributed by atoms with E-state index < -0.39 is 34.4 Å². The van der Waals surface area contributed by atoms with Crippen molar-refractivity contribution in [2.24, 2.45) is 5.92 Å². The van der Waals surface area contributed by atoms with Crippen LogP contribution in [0.5, 0.6) is 0 Å². The van der Waals surface area contributed by atoms with Gasteiger partial charge in [0.15, 0.2) is 0 Å². The monoisotopic (exact) mass is 284 g/mol. The molecule has 1 aliphatic heterocycles. The molecule has 1 saturated carbocycles. The van der Waals surface area contributed by atoms with Crippen LogP contribution in [-0.2, 0) is 19.7 Å². The Morgan fingerprint density at radius 2 is 1.94 bits per heavy atom. The van der Waals surface area contributed by atoms with Gasteiger partial charge in [-0.15, -0.1) is 0 Å². The average molecular weight is 284 g/mol. The minimum atomic E-state index is -3.93. The van der Waals surface area contributed by atoms with Crippen molar-refractivity contribution in [3.8, 4) is 0 Å². The van der Waals surface area contributed by atoms with Crippen LogP contribution in [0.4, 0.5) is 8.78 Å². The van der Waals surface area contributed by atoms with Crippen LogP contribution in [0, 0.1) is 5.92 Å².